The smallest absolute Gasteiger partial charge is 0.251 e. The normalized spacial score (nSPS) is 14.1. The molecule has 0 saturated carbocycles. The summed E-state index contributed by atoms with van der Waals surface area (Å²) in [4.78, 5) is 23.4. The van der Waals surface area contributed by atoms with Crippen LogP contribution in [0.2, 0.25) is 0 Å². The Labute approximate surface area is 203 Å². The first-order valence-corrected chi connectivity index (χ1v) is 12.7. The molecule has 2 aromatic carbocycles. The van der Waals surface area contributed by atoms with Crippen LogP contribution in [0, 0.1) is 0 Å². The maximum atomic E-state index is 13.0. The Kier molecular flexibility index (Phi) is 6.43. The predicted octanol–water partition coefficient (Wildman–Crippen LogP) is 3.23. The van der Waals surface area contributed by atoms with Gasteiger partial charge < -0.3 is 15.0 Å². The molecule has 9 heteroatoms. The van der Waals surface area contributed by atoms with Gasteiger partial charge in [0.05, 0.1) is 23.0 Å². The van der Waals surface area contributed by atoms with E-state index in [1.807, 2.05) is 12.1 Å². The zero-order chi connectivity index (χ0) is 24.3. The minimum Gasteiger partial charge on any atom is -0.378 e. The molecule has 0 spiro atoms. The summed E-state index contributed by atoms with van der Waals surface area (Å²) in [5.41, 5.74) is 1.33. The lowest BCUT2D eigenvalue weighted by atomic mass is 10.1. The standard InChI is InChI=1S/C26H24N4O4S/c31-26(21-4-3-20-9-10-27-17-22(20)15-21)29-16-19-1-5-23(6-2-19)35(32,33)24-7-8-25(28-18-24)30-11-13-34-14-12-30/h1-10,15,17-18H,11-14,16H2,(H,29,31). The molecule has 8 nitrogen and oxygen atoms in total. The molecule has 0 unspecified atom stereocenters. The molecule has 3 heterocycles. The summed E-state index contributed by atoms with van der Waals surface area (Å²) < 4.78 is 31.4. The van der Waals surface area contributed by atoms with Gasteiger partial charge in [-0.15, -0.1) is 0 Å². The molecule has 1 fully saturated rings. The van der Waals surface area contributed by atoms with Crippen molar-refractivity contribution in [1.29, 1.82) is 0 Å². The van der Waals surface area contributed by atoms with Crippen LogP contribution >= 0.6 is 0 Å². The molecule has 1 amide bonds. The van der Waals surface area contributed by atoms with E-state index in [2.05, 4.69) is 20.2 Å². The third-order valence-corrected chi connectivity index (χ3v) is 7.71. The molecule has 1 aliphatic rings. The van der Waals surface area contributed by atoms with Gasteiger partial charge in [-0.25, -0.2) is 13.4 Å². The van der Waals surface area contributed by atoms with Gasteiger partial charge in [-0.3, -0.25) is 9.78 Å². The largest absolute Gasteiger partial charge is 0.378 e. The van der Waals surface area contributed by atoms with E-state index >= 15 is 0 Å². The highest BCUT2D eigenvalue weighted by atomic mass is 32.2. The van der Waals surface area contributed by atoms with Crippen LogP contribution in [-0.4, -0.2) is 50.6 Å². The van der Waals surface area contributed by atoms with Crippen LogP contribution in [-0.2, 0) is 21.1 Å². The van der Waals surface area contributed by atoms with Crippen molar-refractivity contribution in [2.45, 2.75) is 16.3 Å². The van der Waals surface area contributed by atoms with Gasteiger partial charge in [0, 0.05) is 49.2 Å². The first kappa shape index (κ1) is 22.9. The number of rotatable bonds is 6. The number of benzene rings is 2. The van der Waals surface area contributed by atoms with E-state index in [1.165, 1.54) is 6.20 Å². The molecule has 0 bridgehead atoms. The van der Waals surface area contributed by atoms with Crippen molar-refractivity contribution in [3.63, 3.8) is 0 Å². The first-order valence-electron chi connectivity index (χ1n) is 11.3. The van der Waals surface area contributed by atoms with Crippen LogP contribution in [0.3, 0.4) is 0 Å². The lowest BCUT2D eigenvalue weighted by Gasteiger charge is -2.27. The fraction of sp³-hybridized carbons (Fsp3) is 0.192. The highest BCUT2D eigenvalue weighted by molar-refractivity contribution is 7.91. The molecular formula is C26H24N4O4S. The highest BCUT2D eigenvalue weighted by Crippen LogP contribution is 2.23. The van der Waals surface area contributed by atoms with Crippen LogP contribution in [0.1, 0.15) is 15.9 Å². The summed E-state index contributed by atoms with van der Waals surface area (Å²) in [6.45, 7) is 3.01. The fourth-order valence-corrected chi connectivity index (χ4v) is 5.15. The maximum absolute atomic E-state index is 13.0. The summed E-state index contributed by atoms with van der Waals surface area (Å²) in [6, 6.07) is 17.2. The number of aromatic nitrogens is 2. The minimum atomic E-state index is -3.70. The molecule has 0 atom stereocenters. The van der Waals surface area contributed by atoms with Crippen LogP contribution in [0.4, 0.5) is 5.82 Å². The van der Waals surface area contributed by atoms with Crippen molar-refractivity contribution in [3.8, 4) is 0 Å². The summed E-state index contributed by atoms with van der Waals surface area (Å²) >= 11 is 0. The third-order valence-electron chi connectivity index (χ3n) is 5.96. The number of anilines is 1. The van der Waals surface area contributed by atoms with Crippen molar-refractivity contribution >= 4 is 32.3 Å². The SMILES string of the molecule is O=C(NCc1ccc(S(=O)(=O)c2ccc(N3CCOCC3)nc2)cc1)c1ccc2ccncc2c1. The summed E-state index contributed by atoms with van der Waals surface area (Å²) in [5, 5.41) is 4.78. The van der Waals surface area contributed by atoms with Gasteiger partial charge in [0.15, 0.2) is 0 Å². The molecular weight excluding hydrogens is 464 g/mol. The zero-order valence-corrected chi connectivity index (χ0v) is 19.7. The van der Waals surface area contributed by atoms with E-state index < -0.39 is 9.84 Å². The number of sulfone groups is 1. The number of ether oxygens (including phenoxy) is 1. The molecule has 0 aliphatic carbocycles. The Balaban J connectivity index is 1.24. The Morgan fingerprint density at radius 2 is 1.69 bits per heavy atom. The van der Waals surface area contributed by atoms with Gasteiger partial charge in [-0.1, -0.05) is 18.2 Å². The topological polar surface area (TPSA) is 101 Å². The number of carbonyl (C=O) groups excluding carboxylic acids is 1. The molecule has 2 aromatic heterocycles. The van der Waals surface area contributed by atoms with Crippen LogP contribution < -0.4 is 10.2 Å². The maximum Gasteiger partial charge on any atom is 0.251 e. The van der Waals surface area contributed by atoms with Crippen LogP contribution in [0.15, 0.2) is 89.0 Å². The van der Waals surface area contributed by atoms with E-state index in [1.54, 1.807) is 60.9 Å². The first-order chi connectivity index (χ1) is 17.0. The highest BCUT2D eigenvalue weighted by Gasteiger charge is 2.19. The van der Waals surface area contributed by atoms with Gasteiger partial charge in [0.2, 0.25) is 9.84 Å². The van der Waals surface area contributed by atoms with Gasteiger partial charge in [0.25, 0.3) is 5.91 Å². The lowest BCUT2D eigenvalue weighted by molar-refractivity contribution is 0.0951. The van der Waals surface area contributed by atoms with Crippen molar-refractivity contribution in [1.82, 2.24) is 15.3 Å². The number of amides is 1. The lowest BCUT2D eigenvalue weighted by Crippen LogP contribution is -2.36. The minimum absolute atomic E-state index is 0.140. The fourth-order valence-electron chi connectivity index (χ4n) is 3.94. The number of pyridine rings is 2. The van der Waals surface area contributed by atoms with Crippen LogP contribution in [0.5, 0.6) is 0 Å². The summed E-state index contributed by atoms with van der Waals surface area (Å²) in [7, 11) is -3.70. The predicted molar refractivity (Wildman–Crippen MR) is 132 cm³/mol. The average Bonchev–Trinajstić information content (AvgIpc) is 2.92. The average molecular weight is 489 g/mol. The second kappa shape index (κ2) is 9.81. The summed E-state index contributed by atoms with van der Waals surface area (Å²) in [6.07, 6.45) is 4.83. The number of hydrogen-bond acceptors (Lipinski definition) is 7. The molecule has 1 aliphatic heterocycles. The van der Waals surface area contributed by atoms with Gasteiger partial charge in [-0.2, -0.15) is 0 Å². The Morgan fingerprint density at radius 1 is 0.914 bits per heavy atom. The monoisotopic (exact) mass is 488 g/mol. The third kappa shape index (κ3) is 5.01. The number of morpholine rings is 1. The molecule has 0 radical (unpaired) electrons. The van der Waals surface area contributed by atoms with E-state index in [0.717, 1.165) is 35.2 Å². The molecule has 1 saturated heterocycles. The Morgan fingerprint density at radius 3 is 2.43 bits per heavy atom. The van der Waals surface area contributed by atoms with E-state index in [4.69, 9.17) is 4.74 Å². The number of nitrogens with zero attached hydrogens (tertiary/aromatic N) is 3. The number of fused-ring (bicyclic) bond motifs is 1. The molecule has 5 rings (SSSR count). The quantitative estimate of drug-likeness (QED) is 0.445. The van der Waals surface area contributed by atoms with Crippen molar-refractivity contribution in [3.05, 3.63) is 90.4 Å². The summed E-state index contributed by atoms with van der Waals surface area (Å²) in [5.74, 6) is 0.528. The number of carbonyl (C=O) groups is 1. The molecule has 35 heavy (non-hydrogen) atoms. The molecule has 4 aromatic rings. The van der Waals surface area contributed by atoms with Crippen molar-refractivity contribution in [2.75, 3.05) is 31.2 Å². The second-order valence-corrected chi connectivity index (χ2v) is 10.2. The van der Waals surface area contributed by atoms with E-state index in [0.29, 0.717) is 18.8 Å². The molecule has 178 valence electrons. The van der Waals surface area contributed by atoms with Crippen molar-refractivity contribution in [2.24, 2.45) is 0 Å². The van der Waals surface area contributed by atoms with Crippen molar-refractivity contribution < 1.29 is 17.9 Å². The van der Waals surface area contributed by atoms with E-state index in [-0.39, 0.29) is 22.2 Å². The van der Waals surface area contributed by atoms with Gasteiger partial charge in [-0.05, 0) is 53.4 Å². The Hall–Kier alpha value is -3.82. The van der Waals surface area contributed by atoms with Crippen LogP contribution in [0.25, 0.3) is 10.8 Å². The van der Waals surface area contributed by atoms with Gasteiger partial charge >= 0.3 is 0 Å². The van der Waals surface area contributed by atoms with E-state index in [9.17, 15) is 13.2 Å². The molecule has 1 N–H and O–H groups in total. The Bertz CT molecular complexity index is 1450. The number of hydrogen-bond donors (Lipinski definition) is 1. The zero-order valence-electron chi connectivity index (χ0n) is 18.9. The number of nitrogens with one attached hydrogen (secondary N) is 1. The second-order valence-electron chi connectivity index (χ2n) is 8.22. The van der Waals surface area contributed by atoms with Gasteiger partial charge in [0.1, 0.15) is 5.82 Å².